The van der Waals surface area contributed by atoms with Gasteiger partial charge in [-0.1, -0.05) is 19.0 Å². The number of benzene rings is 1. The molecule has 24 heavy (non-hydrogen) atoms. The summed E-state index contributed by atoms with van der Waals surface area (Å²) in [6.45, 7) is -0.595. The van der Waals surface area contributed by atoms with Gasteiger partial charge < -0.3 is 10.4 Å². The van der Waals surface area contributed by atoms with Crippen LogP contribution in [0.5, 0.6) is 0 Å². The predicted molar refractivity (Wildman–Crippen MR) is 88.8 cm³/mol. The Morgan fingerprint density at radius 1 is 1.25 bits per heavy atom. The average molecular weight is 354 g/mol. The summed E-state index contributed by atoms with van der Waals surface area (Å²) >= 11 is 5.69. The Hall–Kier alpha value is -2.51. The minimum absolute atomic E-state index is 0. The van der Waals surface area contributed by atoms with Crippen LogP contribution in [0.25, 0.3) is 5.65 Å². The van der Waals surface area contributed by atoms with E-state index in [1.807, 2.05) is 0 Å². The van der Waals surface area contributed by atoms with E-state index in [1.54, 1.807) is 0 Å². The highest BCUT2D eigenvalue weighted by Gasteiger charge is 2.15. The van der Waals surface area contributed by atoms with Gasteiger partial charge in [-0.25, -0.2) is 13.8 Å². The van der Waals surface area contributed by atoms with Gasteiger partial charge in [0.15, 0.2) is 11.5 Å². The van der Waals surface area contributed by atoms with Gasteiger partial charge in [0.1, 0.15) is 11.6 Å². The van der Waals surface area contributed by atoms with Crippen molar-refractivity contribution in [3.63, 3.8) is 0 Å². The average Bonchev–Trinajstić information content (AvgIpc) is 2.52. The molecule has 0 aliphatic rings. The number of hydrogen-bond acceptors (Lipinski definition) is 4. The maximum absolute atomic E-state index is 13.9. The van der Waals surface area contributed by atoms with Gasteiger partial charge in [0.25, 0.3) is 5.56 Å². The summed E-state index contributed by atoms with van der Waals surface area (Å²) in [6.07, 6.45) is 1.35. The first-order valence-corrected chi connectivity index (χ1v) is 6.91. The van der Waals surface area contributed by atoms with Gasteiger partial charge in [-0.2, -0.15) is 0 Å². The lowest BCUT2D eigenvalue weighted by molar-refractivity contribution is 0.280. The highest BCUT2D eigenvalue weighted by atomic mass is 35.5. The van der Waals surface area contributed by atoms with Crippen molar-refractivity contribution in [2.24, 2.45) is 0 Å². The van der Waals surface area contributed by atoms with Gasteiger partial charge in [0, 0.05) is 11.9 Å². The Morgan fingerprint density at radius 2 is 2.00 bits per heavy atom. The molecule has 2 aromatic heterocycles. The molecule has 0 aliphatic heterocycles. The molecule has 3 rings (SSSR count). The van der Waals surface area contributed by atoms with Crippen molar-refractivity contribution in [2.75, 3.05) is 5.32 Å². The first kappa shape index (κ1) is 17.8. The number of halogens is 3. The van der Waals surface area contributed by atoms with Crippen LogP contribution in [-0.2, 0) is 6.61 Å². The highest BCUT2D eigenvalue weighted by Crippen LogP contribution is 2.23. The van der Waals surface area contributed by atoms with Crippen LogP contribution < -0.4 is 10.9 Å². The lowest BCUT2D eigenvalue weighted by atomic mass is 10.2. The van der Waals surface area contributed by atoms with Crippen LogP contribution in [0.3, 0.4) is 0 Å². The van der Waals surface area contributed by atoms with Crippen LogP contribution in [0.15, 0.2) is 41.3 Å². The number of nitrogens with zero attached hydrogens (tertiary/aromatic N) is 2. The van der Waals surface area contributed by atoms with E-state index < -0.39 is 23.8 Å². The molecule has 0 radical (unpaired) electrons. The first-order valence-electron chi connectivity index (χ1n) is 6.54. The van der Waals surface area contributed by atoms with Crippen molar-refractivity contribution in [1.82, 2.24) is 9.38 Å². The van der Waals surface area contributed by atoms with Crippen LogP contribution in [0.1, 0.15) is 13.0 Å². The van der Waals surface area contributed by atoms with E-state index >= 15 is 0 Å². The van der Waals surface area contributed by atoms with Crippen molar-refractivity contribution in [1.29, 1.82) is 0 Å². The number of nitrogens with one attached hydrogen (secondary N) is 1. The Labute approximate surface area is 141 Å². The molecule has 2 heterocycles. The van der Waals surface area contributed by atoms with E-state index in [4.69, 9.17) is 11.6 Å². The second kappa shape index (κ2) is 6.94. The largest absolute Gasteiger partial charge is 0.391 e. The summed E-state index contributed by atoms with van der Waals surface area (Å²) in [5, 5.41) is 12.1. The van der Waals surface area contributed by atoms with E-state index in [0.29, 0.717) is 5.69 Å². The number of aromatic nitrogens is 2. The second-order valence-electron chi connectivity index (χ2n) is 4.71. The molecule has 0 saturated heterocycles. The summed E-state index contributed by atoms with van der Waals surface area (Å²) in [5.74, 6) is -1.31. The minimum Gasteiger partial charge on any atom is -0.391 e. The smallest absolute Gasteiger partial charge is 0.265 e. The maximum atomic E-state index is 13.9. The third-order valence-electron chi connectivity index (χ3n) is 3.24. The molecule has 0 spiro atoms. The third-order valence-corrected chi connectivity index (χ3v) is 3.53. The van der Waals surface area contributed by atoms with Crippen LogP contribution >= 0.6 is 11.6 Å². The molecule has 1 aromatic carbocycles. The van der Waals surface area contributed by atoms with E-state index in [9.17, 15) is 18.7 Å². The topological polar surface area (TPSA) is 66.6 Å². The molecule has 0 amide bonds. The quantitative estimate of drug-likeness (QED) is 0.756. The predicted octanol–water partition coefficient (Wildman–Crippen LogP) is 3.50. The molecule has 3 aromatic rings. The van der Waals surface area contributed by atoms with Gasteiger partial charge in [0.2, 0.25) is 0 Å². The molecule has 0 aliphatic carbocycles. The third kappa shape index (κ3) is 3.08. The molecule has 8 heteroatoms. The first-order chi connectivity index (χ1) is 11.0. The van der Waals surface area contributed by atoms with E-state index in [1.165, 1.54) is 30.5 Å². The summed E-state index contributed by atoms with van der Waals surface area (Å²) in [4.78, 5) is 16.3. The molecule has 0 atom stereocenters. The van der Waals surface area contributed by atoms with Crippen LogP contribution in [0.4, 0.5) is 20.3 Å². The zero-order chi connectivity index (χ0) is 16.6. The Morgan fingerprint density at radius 3 is 2.67 bits per heavy atom. The summed E-state index contributed by atoms with van der Waals surface area (Å²) < 4.78 is 28.0. The normalized spacial score (nSPS) is 10.5. The van der Waals surface area contributed by atoms with Crippen molar-refractivity contribution in [2.45, 2.75) is 14.0 Å². The minimum atomic E-state index is -0.686. The maximum Gasteiger partial charge on any atom is 0.265 e. The highest BCUT2D eigenvalue weighted by molar-refractivity contribution is 6.31. The summed E-state index contributed by atoms with van der Waals surface area (Å²) in [6, 6.07) is 6.34. The zero-order valence-electron chi connectivity index (χ0n) is 11.6. The lowest BCUT2D eigenvalue weighted by Gasteiger charge is -2.12. The van der Waals surface area contributed by atoms with Crippen LogP contribution in [0.2, 0.25) is 5.02 Å². The molecular formula is C16H14ClF2N3O2. The molecule has 0 saturated carbocycles. The number of anilines is 2. The van der Waals surface area contributed by atoms with Crippen LogP contribution in [-0.4, -0.2) is 14.5 Å². The fourth-order valence-corrected chi connectivity index (χ4v) is 2.30. The summed E-state index contributed by atoms with van der Waals surface area (Å²) in [7, 11) is 0. The SMILES string of the molecule is C.O=c1c(CO)c(Nc2ccc(F)c(Cl)c2)nc2c(F)cccn12. The Bertz CT molecular complexity index is 960. The fourth-order valence-electron chi connectivity index (χ4n) is 2.12. The second-order valence-corrected chi connectivity index (χ2v) is 5.11. The van der Waals surface area contributed by atoms with Crippen molar-refractivity contribution < 1.29 is 13.9 Å². The number of rotatable bonds is 3. The van der Waals surface area contributed by atoms with Gasteiger partial charge >= 0.3 is 0 Å². The van der Waals surface area contributed by atoms with Gasteiger partial charge in [-0.3, -0.25) is 9.20 Å². The monoisotopic (exact) mass is 353 g/mol. The summed E-state index contributed by atoms with van der Waals surface area (Å²) in [5.41, 5.74) is -0.495. The zero-order valence-corrected chi connectivity index (χ0v) is 12.3. The molecule has 126 valence electrons. The molecule has 5 nitrogen and oxygen atoms in total. The molecular weight excluding hydrogens is 340 g/mol. The lowest BCUT2D eigenvalue weighted by Crippen LogP contribution is -2.22. The number of pyridine rings is 1. The fraction of sp³-hybridized carbons (Fsp3) is 0.125. The van der Waals surface area contributed by atoms with Crippen LogP contribution in [0, 0.1) is 11.6 Å². The number of aliphatic hydroxyl groups is 1. The van der Waals surface area contributed by atoms with Gasteiger partial charge in [0.05, 0.1) is 17.2 Å². The van der Waals surface area contributed by atoms with Crippen molar-refractivity contribution >= 4 is 28.8 Å². The van der Waals surface area contributed by atoms with E-state index in [2.05, 4.69) is 10.3 Å². The standard InChI is InChI=1S/C15H10ClF2N3O2.CH4/c16-10-6-8(3-4-11(10)17)19-13-9(7-22)15(23)21-5-1-2-12(18)14(21)20-13;/h1-6,19,22H,7H2;1H4. The Kier molecular flexibility index (Phi) is 5.16. The molecule has 0 fully saturated rings. The van der Waals surface area contributed by atoms with Crippen molar-refractivity contribution in [3.8, 4) is 0 Å². The van der Waals surface area contributed by atoms with Gasteiger partial charge in [-0.15, -0.1) is 0 Å². The molecule has 0 unspecified atom stereocenters. The van der Waals surface area contributed by atoms with E-state index in [0.717, 1.165) is 10.5 Å². The molecule has 0 bridgehead atoms. The number of hydrogen-bond donors (Lipinski definition) is 2. The Balaban J connectivity index is 0.00000208. The number of fused-ring (bicyclic) bond motifs is 1. The van der Waals surface area contributed by atoms with Gasteiger partial charge in [-0.05, 0) is 30.3 Å². The van der Waals surface area contributed by atoms with Crippen molar-refractivity contribution in [3.05, 3.63) is 69.1 Å². The number of aliphatic hydroxyl groups excluding tert-OH is 1. The van der Waals surface area contributed by atoms with E-state index in [-0.39, 0.29) is 29.5 Å². The molecule has 2 N–H and O–H groups in total.